The van der Waals surface area contributed by atoms with Crippen LogP contribution in [0.5, 0.6) is 5.75 Å². The summed E-state index contributed by atoms with van der Waals surface area (Å²) < 4.78 is 8.25. The average molecular weight is 465 g/mol. The van der Waals surface area contributed by atoms with Crippen LogP contribution in [0.15, 0.2) is 82.4 Å². The molecule has 1 aliphatic heterocycles. The molecule has 0 radical (unpaired) electrons. The topological polar surface area (TPSA) is 52.0 Å². The standard InChI is InChI=1S/C22H17BrN4OS/c1-28-17-11-12-19(23)18(13-17)20-24-25-22-27(20)26-21(29-22)16-9-7-15(8-10-16)14-5-3-2-4-6-14/h2-13,21,26H,1H3. The molecule has 0 aliphatic carbocycles. The van der Waals surface area contributed by atoms with Gasteiger partial charge in [0.2, 0.25) is 5.16 Å². The molecule has 0 saturated heterocycles. The van der Waals surface area contributed by atoms with E-state index in [1.165, 1.54) is 16.7 Å². The molecule has 29 heavy (non-hydrogen) atoms. The first kappa shape index (κ1) is 18.3. The van der Waals surface area contributed by atoms with Crippen molar-refractivity contribution in [2.45, 2.75) is 10.5 Å². The van der Waals surface area contributed by atoms with E-state index in [4.69, 9.17) is 4.74 Å². The predicted molar refractivity (Wildman–Crippen MR) is 120 cm³/mol. The van der Waals surface area contributed by atoms with E-state index in [0.717, 1.165) is 26.8 Å². The molecule has 1 aliphatic rings. The Morgan fingerprint density at radius 2 is 1.72 bits per heavy atom. The Morgan fingerprint density at radius 3 is 2.48 bits per heavy atom. The van der Waals surface area contributed by atoms with Gasteiger partial charge in [0.1, 0.15) is 11.1 Å². The molecule has 0 bridgehead atoms. The van der Waals surface area contributed by atoms with E-state index >= 15 is 0 Å². The van der Waals surface area contributed by atoms with Gasteiger partial charge in [-0.05, 0) is 34.9 Å². The van der Waals surface area contributed by atoms with Crippen LogP contribution in [0.3, 0.4) is 0 Å². The van der Waals surface area contributed by atoms with Gasteiger partial charge in [-0.15, -0.1) is 10.2 Å². The first-order chi connectivity index (χ1) is 14.2. The van der Waals surface area contributed by atoms with Gasteiger partial charge in [0.15, 0.2) is 5.82 Å². The average Bonchev–Trinajstić information content (AvgIpc) is 3.36. The molecule has 1 atom stereocenters. The van der Waals surface area contributed by atoms with Crippen LogP contribution in [-0.4, -0.2) is 22.0 Å². The first-order valence-electron chi connectivity index (χ1n) is 9.11. The van der Waals surface area contributed by atoms with Crippen LogP contribution in [0.4, 0.5) is 0 Å². The van der Waals surface area contributed by atoms with Crippen molar-refractivity contribution >= 4 is 27.7 Å². The molecular weight excluding hydrogens is 448 g/mol. The highest BCUT2D eigenvalue weighted by Gasteiger charge is 2.28. The second-order valence-corrected chi connectivity index (χ2v) is 8.53. The lowest BCUT2D eigenvalue weighted by molar-refractivity contribution is 0.415. The highest BCUT2D eigenvalue weighted by Crippen LogP contribution is 2.42. The Morgan fingerprint density at radius 1 is 0.966 bits per heavy atom. The fraction of sp³-hybridized carbons (Fsp3) is 0.0909. The number of fused-ring (bicyclic) bond motifs is 1. The molecule has 2 heterocycles. The minimum atomic E-state index is 0.0773. The molecule has 144 valence electrons. The number of ether oxygens (including phenoxy) is 1. The van der Waals surface area contributed by atoms with Gasteiger partial charge in [-0.3, -0.25) is 0 Å². The fourth-order valence-corrected chi connectivity index (χ4v) is 4.73. The normalized spacial score (nSPS) is 15.0. The van der Waals surface area contributed by atoms with Crippen LogP contribution >= 0.6 is 27.7 Å². The monoisotopic (exact) mass is 464 g/mol. The maximum Gasteiger partial charge on any atom is 0.212 e. The summed E-state index contributed by atoms with van der Waals surface area (Å²) in [5.41, 5.74) is 8.05. The Balaban J connectivity index is 1.41. The number of benzene rings is 3. The second-order valence-electron chi connectivity index (χ2n) is 6.60. The molecule has 5 nitrogen and oxygen atoms in total. The number of hydrogen-bond acceptors (Lipinski definition) is 5. The summed E-state index contributed by atoms with van der Waals surface area (Å²) in [5.74, 6) is 1.53. The van der Waals surface area contributed by atoms with Gasteiger partial charge < -0.3 is 10.2 Å². The summed E-state index contributed by atoms with van der Waals surface area (Å²) in [4.78, 5) is 0. The van der Waals surface area contributed by atoms with Crippen LogP contribution in [0, 0.1) is 0 Å². The zero-order valence-corrected chi connectivity index (χ0v) is 17.9. The van der Waals surface area contributed by atoms with Crippen LogP contribution in [0.1, 0.15) is 10.9 Å². The van der Waals surface area contributed by atoms with Crippen LogP contribution in [0.2, 0.25) is 0 Å². The third kappa shape index (κ3) is 3.41. The van der Waals surface area contributed by atoms with Gasteiger partial charge in [-0.25, -0.2) is 4.68 Å². The van der Waals surface area contributed by atoms with Crippen molar-refractivity contribution in [3.05, 3.63) is 82.8 Å². The number of rotatable bonds is 4. The molecule has 5 rings (SSSR count). The molecule has 1 unspecified atom stereocenters. The van der Waals surface area contributed by atoms with E-state index < -0.39 is 0 Å². The maximum atomic E-state index is 5.36. The fourth-order valence-electron chi connectivity index (χ4n) is 3.31. The summed E-state index contributed by atoms with van der Waals surface area (Å²) in [6, 6.07) is 24.9. The molecular formula is C22H17BrN4OS. The number of nitrogens with zero attached hydrogens (tertiary/aromatic N) is 3. The van der Waals surface area contributed by atoms with Gasteiger partial charge in [-0.2, -0.15) is 0 Å². The Bertz CT molecular complexity index is 1160. The third-order valence-electron chi connectivity index (χ3n) is 4.84. The largest absolute Gasteiger partial charge is 0.497 e. The highest BCUT2D eigenvalue weighted by molar-refractivity contribution is 9.10. The van der Waals surface area contributed by atoms with Gasteiger partial charge in [0.05, 0.1) is 7.11 Å². The van der Waals surface area contributed by atoms with Crippen molar-refractivity contribution in [3.8, 4) is 28.3 Å². The van der Waals surface area contributed by atoms with E-state index in [0.29, 0.717) is 0 Å². The minimum absolute atomic E-state index is 0.0773. The summed E-state index contributed by atoms with van der Waals surface area (Å²) in [6.07, 6.45) is 0. The van der Waals surface area contributed by atoms with E-state index in [9.17, 15) is 0 Å². The summed E-state index contributed by atoms with van der Waals surface area (Å²) in [5, 5.41) is 9.65. The van der Waals surface area contributed by atoms with E-state index in [1.807, 2.05) is 28.9 Å². The lowest BCUT2D eigenvalue weighted by Gasteiger charge is -2.13. The SMILES string of the molecule is COc1ccc(Br)c(-c2nnc3n2NC(c2ccc(-c4ccccc4)cc2)S3)c1. The van der Waals surface area contributed by atoms with Crippen molar-refractivity contribution in [3.63, 3.8) is 0 Å². The lowest BCUT2D eigenvalue weighted by atomic mass is 10.0. The first-order valence-corrected chi connectivity index (χ1v) is 10.8. The maximum absolute atomic E-state index is 5.36. The second kappa shape index (κ2) is 7.57. The molecule has 1 N–H and O–H groups in total. The number of halogens is 1. The van der Waals surface area contributed by atoms with Gasteiger partial charge >= 0.3 is 0 Å². The third-order valence-corrected chi connectivity index (χ3v) is 6.62. The highest BCUT2D eigenvalue weighted by atomic mass is 79.9. The summed E-state index contributed by atoms with van der Waals surface area (Å²) in [7, 11) is 1.66. The number of thioether (sulfide) groups is 1. The minimum Gasteiger partial charge on any atom is -0.497 e. The van der Waals surface area contributed by atoms with Crippen molar-refractivity contribution in [2.75, 3.05) is 12.5 Å². The van der Waals surface area contributed by atoms with Crippen molar-refractivity contribution in [2.24, 2.45) is 0 Å². The molecule has 0 saturated carbocycles. The number of aromatic nitrogens is 3. The number of hydrogen-bond donors (Lipinski definition) is 1. The molecule has 4 aromatic rings. The predicted octanol–water partition coefficient (Wildman–Crippen LogP) is 5.73. The molecule has 1 aromatic heterocycles. The van der Waals surface area contributed by atoms with Crippen molar-refractivity contribution in [1.82, 2.24) is 14.9 Å². The molecule has 0 fully saturated rings. The number of methoxy groups -OCH3 is 1. The van der Waals surface area contributed by atoms with Crippen LogP contribution in [-0.2, 0) is 0 Å². The van der Waals surface area contributed by atoms with Crippen molar-refractivity contribution in [1.29, 1.82) is 0 Å². The summed E-state index contributed by atoms with van der Waals surface area (Å²) >= 11 is 5.26. The van der Waals surface area contributed by atoms with Crippen LogP contribution < -0.4 is 10.2 Å². The van der Waals surface area contributed by atoms with Crippen molar-refractivity contribution < 1.29 is 4.74 Å². The van der Waals surface area contributed by atoms with E-state index in [1.54, 1.807) is 18.9 Å². The van der Waals surface area contributed by atoms with Crippen LogP contribution in [0.25, 0.3) is 22.5 Å². The quantitative estimate of drug-likeness (QED) is 0.417. The van der Waals surface area contributed by atoms with Gasteiger partial charge in [-0.1, -0.05) is 82.3 Å². The zero-order chi connectivity index (χ0) is 19.8. The Kier molecular flexibility index (Phi) is 4.77. The molecule has 7 heteroatoms. The molecule has 0 amide bonds. The smallest absolute Gasteiger partial charge is 0.212 e. The molecule has 0 spiro atoms. The van der Waals surface area contributed by atoms with E-state index in [-0.39, 0.29) is 5.37 Å². The molecule has 3 aromatic carbocycles. The van der Waals surface area contributed by atoms with Gasteiger partial charge in [0.25, 0.3) is 0 Å². The Hall–Kier alpha value is -2.77. The number of nitrogens with one attached hydrogen (secondary N) is 1. The Labute approximate surface area is 181 Å². The zero-order valence-electron chi connectivity index (χ0n) is 15.5. The van der Waals surface area contributed by atoms with Gasteiger partial charge in [0, 0.05) is 10.0 Å². The lowest BCUT2D eigenvalue weighted by Crippen LogP contribution is -2.14. The summed E-state index contributed by atoms with van der Waals surface area (Å²) in [6.45, 7) is 0. The van der Waals surface area contributed by atoms with E-state index in [2.05, 4.69) is 80.1 Å².